The summed E-state index contributed by atoms with van der Waals surface area (Å²) in [5, 5.41) is 13.5. The molecule has 0 aromatic carbocycles. The molecule has 1 rings (SSSR count). The molecule has 0 spiro atoms. The van der Waals surface area contributed by atoms with E-state index in [1.165, 1.54) is 0 Å². The van der Waals surface area contributed by atoms with Crippen LogP contribution in [0.1, 0.15) is 30.7 Å². The number of aryl methyl sites for hydroxylation is 1. The van der Waals surface area contributed by atoms with Crippen molar-refractivity contribution in [3.8, 4) is 0 Å². The molecule has 62 valence electrons. The number of nitrogens with zero attached hydrogens (tertiary/aromatic N) is 2. The van der Waals surface area contributed by atoms with Crippen LogP contribution in [-0.2, 0) is 7.05 Å². The average molecular weight is 154 g/mol. The Labute approximate surface area is 66.7 Å². The Balaban J connectivity index is 2.94. The summed E-state index contributed by atoms with van der Waals surface area (Å²) in [5.41, 5.74) is 1.98. The molecule has 3 heteroatoms. The fourth-order valence-electron chi connectivity index (χ4n) is 1.06. The number of aliphatic hydroxyl groups is 1. The van der Waals surface area contributed by atoms with Crippen LogP contribution in [0, 0.1) is 6.92 Å². The normalized spacial score (nSPS) is 13.5. The van der Waals surface area contributed by atoms with Crippen molar-refractivity contribution >= 4 is 0 Å². The van der Waals surface area contributed by atoms with Gasteiger partial charge in [0.2, 0.25) is 0 Å². The number of hydrogen-bond acceptors (Lipinski definition) is 2. The van der Waals surface area contributed by atoms with Crippen LogP contribution in [0.15, 0.2) is 6.20 Å². The van der Waals surface area contributed by atoms with E-state index in [9.17, 15) is 5.11 Å². The first-order valence-corrected chi connectivity index (χ1v) is 3.83. The van der Waals surface area contributed by atoms with Crippen molar-refractivity contribution < 1.29 is 5.11 Å². The first kappa shape index (κ1) is 8.27. The standard InChI is InChI=1S/C8H14N2O/c1-4-8(11)7-5-9-10(3)6(7)2/h5,8,11H,4H2,1-3H3/t8-/m0/s1. The summed E-state index contributed by atoms with van der Waals surface area (Å²) < 4.78 is 1.77. The van der Waals surface area contributed by atoms with E-state index in [1.807, 2.05) is 20.9 Å². The SMILES string of the molecule is CC[C@H](O)c1cnn(C)c1C. The zero-order valence-corrected chi connectivity index (χ0v) is 7.20. The zero-order chi connectivity index (χ0) is 8.43. The second kappa shape index (κ2) is 3.05. The molecule has 1 aromatic heterocycles. The van der Waals surface area contributed by atoms with E-state index in [0.29, 0.717) is 0 Å². The molecular formula is C8H14N2O. The van der Waals surface area contributed by atoms with Gasteiger partial charge in [-0.05, 0) is 13.3 Å². The Morgan fingerprint density at radius 2 is 2.36 bits per heavy atom. The third-order valence-electron chi connectivity index (χ3n) is 2.02. The molecular weight excluding hydrogens is 140 g/mol. The molecule has 0 aliphatic heterocycles. The Kier molecular flexibility index (Phi) is 2.29. The van der Waals surface area contributed by atoms with Gasteiger partial charge in [0.15, 0.2) is 0 Å². The Morgan fingerprint density at radius 3 is 2.73 bits per heavy atom. The summed E-state index contributed by atoms with van der Waals surface area (Å²) in [6.45, 7) is 3.92. The summed E-state index contributed by atoms with van der Waals surface area (Å²) in [7, 11) is 1.88. The van der Waals surface area contributed by atoms with Gasteiger partial charge in [-0.2, -0.15) is 5.10 Å². The van der Waals surface area contributed by atoms with E-state index >= 15 is 0 Å². The fraction of sp³-hybridized carbons (Fsp3) is 0.625. The summed E-state index contributed by atoms with van der Waals surface area (Å²) in [6, 6.07) is 0. The second-order valence-electron chi connectivity index (χ2n) is 2.73. The molecule has 1 aromatic rings. The highest BCUT2D eigenvalue weighted by Crippen LogP contribution is 2.18. The number of aromatic nitrogens is 2. The van der Waals surface area contributed by atoms with Gasteiger partial charge >= 0.3 is 0 Å². The van der Waals surface area contributed by atoms with E-state index in [1.54, 1.807) is 10.9 Å². The smallest absolute Gasteiger partial charge is 0.0820 e. The number of hydrogen-bond donors (Lipinski definition) is 1. The second-order valence-corrected chi connectivity index (χ2v) is 2.73. The van der Waals surface area contributed by atoms with E-state index in [-0.39, 0.29) is 6.10 Å². The maximum atomic E-state index is 9.47. The molecule has 1 atom stereocenters. The molecule has 0 fully saturated rings. The molecule has 0 saturated carbocycles. The highest BCUT2D eigenvalue weighted by molar-refractivity contribution is 5.18. The Morgan fingerprint density at radius 1 is 1.73 bits per heavy atom. The minimum absolute atomic E-state index is 0.358. The van der Waals surface area contributed by atoms with E-state index in [0.717, 1.165) is 17.7 Å². The van der Waals surface area contributed by atoms with Crippen molar-refractivity contribution in [1.82, 2.24) is 9.78 Å². The topological polar surface area (TPSA) is 38.1 Å². The van der Waals surface area contributed by atoms with Crippen LogP contribution in [0.5, 0.6) is 0 Å². The lowest BCUT2D eigenvalue weighted by molar-refractivity contribution is 0.173. The van der Waals surface area contributed by atoms with E-state index < -0.39 is 0 Å². The average Bonchev–Trinajstić information content (AvgIpc) is 2.32. The van der Waals surface area contributed by atoms with Crippen molar-refractivity contribution in [2.75, 3.05) is 0 Å². The van der Waals surface area contributed by atoms with Crippen molar-refractivity contribution in [2.24, 2.45) is 7.05 Å². The minimum Gasteiger partial charge on any atom is -0.388 e. The third-order valence-corrected chi connectivity index (χ3v) is 2.02. The van der Waals surface area contributed by atoms with Crippen LogP contribution in [0.4, 0.5) is 0 Å². The van der Waals surface area contributed by atoms with Crippen molar-refractivity contribution in [3.05, 3.63) is 17.5 Å². The molecule has 0 bridgehead atoms. The summed E-state index contributed by atoms with van der Waals surface area (Å²) in [5.74, 6) is 0. The molecule has 0 aliphatic carbocycles. The van der Waals surface area contributed by atoms with Gasteiger partial charge < -0.3 is 5.11 Å². The van der Waals surface area contributed by atoms with Crippen LogP contribution in [-0.4, -0.2) is 14.9 Å². The van der Waals surface area contributed by atoms with Gasteiger partial charge in [0, 0.05) is 18.3 Å². The van der Waals surface area contributed by atoms with Crippen LogP contribution in [0.3, 0.4) is 0 Å². The molecule has 0 radical (unpaired) electrons. The van der Waals surface area contributed by atoms with Gasteiger partial charge in [0.25, 0.3) is 0 Å². The lowest BCUT2D eigenvalue weighted by atomic mass is 10.1. The van der Waals surface area contributed by atoms with Gasteiger partial charge in [-0.1, -0.05) is 6.92 Å². The van der Waals surface area contributed by atoms with Crippen molar-refractivity contribution in [3.63, 3.8) is 0 Å². The summed E-state index contributed by atoms with van der Waals surface area (Å²) >= 11 is 0. The van der Waals surface area contributed by atoms with E-state index in [2.05, 4.69) is 5.10 Å². The molecule has 1 heterocycles. The molecule has 0 unspecified atom stereocenters. The van der Waals surface area contributed by atoms with Gasteiger partial charge in [-0.3, -0.25) is 4.68 Å². The lowest BCUT2D eigenvalue weighted by Gasteiger charge is -2.05. The highest BCUT2D eigenvalue weighted by Gasteiger charge is 2.10. The van der Waals surface area contributed by atoms with Crippen LogP contribution < -0.4 is 0 Å². The summed E-state index contributed by atoms with van der Waals surface area (Å²) in [6.07, 6.45) is 2.11. The van der Waals surface area contributed by atoms with Crippen molar-refractivity contribution in [1.29, 1.82) is 0 Å². The maximum Gasteiger partial charge on any atom is 0.0820 e. The number of rotatable bonds is 2. The molecule has 0 amide bonds. The Bertz CT molecular complexity index is 242. The van der Waals surface area contributed by atoms with E-state index in [4.69, 9.17) is 0 Å². The van der Waals surface area contributed by atoms with Gasteiger partial charge in [0.1, 0.15) is 0 Å². The predicted octanol–water partition coefficient (Wildman–Crippen LogP) is 1.17. The van der Waals surface area contributed by atoms with Crippen molar-refractivity contribution in [2.45, 2.75) is 26.4 Å². The monoisotopic (exact) mass is 154 g/mol. The molecule has 0 saturated heterocycles. The largest absolute Gasteiger partial charge is 0.388 e. The van der Waals surface area contributed by atoms with Crippen LogP contribution in [0.25, 0.3) is 0 Å². The molecule has 1 N–H and O–H groups in total. The first-order chi connectivity index (χ1) is 5.16. The number of aliphatic hydroxyl groups excluding tert-OH is 1. The Hall–Kier alpha value is -0.830. The van der Waals surface area contributed by atoms with Gasteiger partial charge in [-0.25, -0.2) is 0 Å². The quantitative estimate of drug-likeness (QED) is 0.694. The first-order valence-electron chi connectivity index (χ1n) is 3.83. The summed E-state index contributed by atoms with van der Waals surface area (Å²) in [4.78, 5) is 0. The van der Waals surface area contributed by atoms with Crippen LogP contribution >= 0.6 is 0 Å². The highest BCUT2D eigenvalue weighted by atomic mass is 16.3. The minimum atomic E-state index is -0.358. The lowest BCUT2D eigenvalue weighted by Crippen LogP contribution is -1.98. The molecule has 3 nitrogen and oxygen atoms in total. The van der Waals surface area contributed by atoms with Crippen LogP contribution in [0.2, 0.25) is 0 Å². The maximum absolute atomic E-state index is 9.47. The van der Waals surface area contributed by atoms with Gasteiger partial charge in [-0.15, -0.1) is 0 Å². The fourth-order valence-corrected chi connectivity index (χ4v) is 1.06. The zero-order valence-electron chi connectivity index (χ0n) is 7.20. The third kappa shape index (κ3) is 1.43. The molecule has 11 heavy (non-hydrogen) atoms. The van der Waals surface area contributed by atoms with Gasteiger partial charge in [0.05, 0.1) is 12.3 Å². The molecule has 0 aliphatic rings. The predicted molar refractivity (Wildman–Crippen MR) is 43.2 cm³/mol.